The smallest absolute Gasteiger partial charge is 0.307 e. The summed E-state index contributed by atoms with van der Waals surface area (Å²) < 4.78 is 0. The molecule has 0 atom stereocenters. The molecule has 0 aliphatic heterocycles. The second kappa shape index (κ2) is 4.25. The van der Waals surface area contributed by atoms with Gasteiger partial charge in [0.1, 0.15) is 0 Å². The van der Waals surface area contributed by atoms with E-state index in [1.165, 1.54) is 0 Å². The Labute approximate surface area is 75.2 Å². The molecule has 0 spiro atoms. The summed E-state index contributed by atoms with van der Waals surface area (Å²) >= 11 is 0. The first-order chi connectivity index (χ1) is 6.22. The molecule has 1 aromatic rings. The number of carboxylic acids is 1. The first kappa shape index (κ1) is 9.25. The molecule has 0 unspecified atom stereocenters. The van der Waals surface area contributed by atoms with Crippen LogP contribution >= 0.6 is 0 Å². The third-order valence-electron chi connectivity index (χ3n) is 1.53. The van der Waals surface area contributed by atoms with E-state index in [0.29, 0.717) is 17.7 Å². The van der Waals surface area contributed by atoms with Crippen molar-refractivity contribution in [1.29, 1.82) is 0 Å². The summed E-state index contributed by atoms with van der Waals surface area (Å²) in [6.07, 6.45) is 0.577. The van der Waals surface area contributed by atoms with Crippen molar-refractivity contribution in [3.63, 3.8) is 0 Å². The molecule has 0 fully saturated rings. The van der Waals surface area contributed by atoms with Crippen LogP contribution in [-0.2, 0) is 16.0 Å². The molecule has 1 aromatic carbocycles. The van der Waals surface area contributed by atoms with Crippen LogP contribution in [0.15, 0.2) is 24.3 Å². The number of hydrogen-bond acceptors (Lipinski definition) is 2. The van der Waals surface area contributed by atoms with Crippen molar-refractivity contribution < 1.29 is 14.7 Å². The summed E-state index contributed by atoms with van der Waals surface area (Å²) in [5, 5.41) is 10.9. The highest BCUT2D eigenvalue weighted by Gasteiger charge is 1.99. The molecular weight excluding hydrogens is 170 g/mol. The maximum Gasteiger partial charge on any atom is 0.307 e. The zero-order valence-corrected chi connectivity index (χ0v) is 6.86. The van der Waals surface area contributed by atoms with Gasteiger partial charge in [0, 0.05) is 5.69 Å². The van der Waals surface area contributed by atoms with Crippen LogP contribution in [0.5, 0.6) is 0 Å². The quantitative estimate of drug-likeness (QED) is 0.674. The van der Waals surface area contributed by atoms with Gasteiger partial charge in [-0.25, -0.2) is 0 Å². The van der Waals surface area contributed by atoms with Crippen LogP contribution in [0, 0.1) is 0 Å². The zero-order valence-electron chi connectivity index (χ0n) is 6.86. The zero-order chi connectivity index (χ0) is 9.68. The standard InChI is InChI=1S/C9H9NO3/c11-6-10-8-3-1-7(2-4-8)5-9(12)13/h1-4,6H,5H2,(H,10,11)(H,12,13). The first-order valence-electron chi connectivity index (χ1n) is 3.73. The predicted molar refractivity (Wildman–Crippen MR) is 47.5 cm³/mol. The fraction of sp³-hybridized carbons (Fsp3) is 0.111. The van der Waals surface area contributed by atoms with Crippen molar-refractivity contribution in [3.05, 3.63) is 29.8 Å². The van der Waals surface area contributed by atoms with Crippen LogP contribution in [0.4, 0.5) is 5.69 Å². The van der Waals surface area contributed by atoms with Crippen molar-refractivity contribution in [3.8, 4) is 0 Å². The van der Waals surface area contributed by atoms with Crippen molar-refractivity contribution >= 4 is 18.1 Å². The van der Waals surface area contributed by atoms with Crippen LogP contribution in [0.2, 0.25) is 0 Å². The van der Waals surface area contributed by atoms with E-state index >= 15 is 0 Å². The van der Waals surface area contributed by atoms with Gasteiger partial charge >= 0.3 is 5.97 Å². The summed E-state index contributed by atoms with van der Waals surface area (Å²) in [5.41, 5.74) is 1.37. The summed E-state index contributed by atoms with van der Waals surface area (Å²) in [7, 11) is 0. The number of hydrogen-bond donors (Lipinski definition) is 2. The fourth-order valence-corrected chi connectivity index (χ4v) is 0.961. The van der Waals surface area contributed by atoms with Gasteiger partial charge in [-0.15, -0.1) is 0 Å². The van der Waals surface area contributed by atoms with E-state index in [1.807, 2.05) is 0 Å². The number of rotatable bonds is 4. The molecule has 0 radical (unpaired) electrons. The Balaban J connectivity index is 2.69. The molecule has 0 bridgehead atoms. The van der Waals surface area contributed by atoms with Gasteiger partial charge in [-0.3, -0.25) is 9.59 Å². The number of anilines is 1. The third kappa shape index (κ3) is 2.94. The average Bonchev–Trinajstić information content (AvgIpc) is 2.08. The molecule has 0 aliphatic carbocycles. The maximum absolute atomic E-state index is 10.3. The number of aliphatic carboxylic acids is 1. The average molecular weight is 179 g/mol. The number of carbonyl (C=O) groups excluding carboxylic acids is 1. The Morgan fingerprint density at radius 3 is 2.46 bits per heavy atom. The van der Waals surface area contributed by atoms with E-state index in [0.717, 1.165) is 0 Å². The van der Waals surface area contributed by atoms with E-state index < -0.39 is 5.97 Å². The van der Waals surface area contributed by atoms with Gasteiger partial charge in [-0.2, -0.15) is 0 Å². The molecule has 1 rings (SSSR count). The number of nitrogens with one attached hydrogen (secondary N) is 1. The minimum Gasteiger partial charge on any atom is -0.481 e. The molecule has 0 saturated heterocycles. The SMILES string of the molecule is O=CNc1ccc(CC(=O)O)cc1. The molecular formula is C9H9NO3. The van der Waals surface area contributed by atoms with Crippen LogP contribution < -0.4 is 5.32 Å². The lowest BCUT2D eigenvalue weighted by Gasteiger charge is -1.99. The van der Waals surface area contributed by atoms with E-state index in [2.05, 4.69) is 5.32 Å². The van der Waals surface area contributed by atoms with Crippen molar-refractivity contribution in [2.45, 2.75) is 6.42 Å². The van der Waals surface area contributed by atoms with Crippen LogP contribution in [0.3, 0.4) is 0 Å². The molecule has 68 valence electrons. The second-order valence-corrected chi connectivity index (χ2v) is 2.53. The molecule has 0 aliphatic rings. The highest BCUT2D eigenvalue weighted by atomic mass is 16.4. The van der Waals surface area contributed by atoms with Gasteiger partial charge in [0.25, 0.3) is 0 Å². The van der Waals surface area contributed by atoms with Crippen LogP contribution in [0.1, 0.15) is 5.56 Å². The lowest BCUT2D eigenvalue weighted by atomic mass is 10.1. The number of carbonyl (C=O) groups is 2. The Morgan fingerprint density at radius 2 is 2.00 bits per heavy atom. The van der Waals surface area contributed by atoms with Crippen molar-refractivity contribution in [2.24, 2.45) is 0 Å². The van der Waals surface area contributed by atoms with Gasteiger partial charge in [-0.05, 0) is 17.7 Å². The minimum absolute atomic E-state index is 0.00136. The second-order valence-electron chi connectivity index (χ2n) is 2.53. The van der Waals surface area contributed by atoms with E-state index in [4.69, 9.17) is 5.11 Å². The number of benzene rings is 1. The van der Waals surface area contributed by atoms with E-state index in [1.54, 1.807) is 24.3 Å². The monoisotopic (exact) mass is 179 g/mol. The van der Waals surface area contributed by atoms with Crippen molar-refractivity contribution in [1.82, 2.24) is 0 Å². The maximum atomic E-state index is 10.3. The highest BCUT2D eigenvalue weighted by Crippen LogP contribution is 2.08. The molecule has 0 heterocycles. The first-order valence-corrected chi connectivity index (χ1v) is 3.73. The van der Waals surface area contributed by atoms with Crippen LogP contribution in [0.25, 0.3) is 0 Å². The molecule has 4 nitrogen and oxygen atoms in total. The third-order valence-corrected chi connectivity index (χ3v) is 1.53. The normalized spacial score (nSPS) is 9.23. The van der Waals surface area contributed by atoms with E-state index in [9.17, 15) is 9.59 Å². The lowest BCUT2D eigenvalue weighted by molar-refractivity contribution is -0.136. The topological polar surface area (TPSA) is 66.4 Å². The summed E-state index contributed by atoms with van der Waals surface area (Å²) in [4.78, 5) is 20.3. The van der Waals surface area contributed by atoms with Crippen LogP contribution in [-0.4, -0.2) is 17.5 Å². The largest absolute Gasteiger partial charge is 0.481 e. The number of carboxylic acid groups (broad SMARTS) is 1. The van der Waals surface area contributed by atoms with Gasteiger partial charge < -0.3 is 10.4 Å². The Morgan fingerprint density at radius 1 is 1.38 bits per heavy atom. The van der Waals surface area contributed by atoms with Gasteiger partial charge in [-0.1, -0.05) is 12.1 Å². The van der Waals surface area contributed by atoms with Crippen molar-refractivity contribution in [2.75, 3.05) is 5.32 Å². The molecule has 1 amide bonds. The number of amides is 1. The molecule has 0 aromatic heterocycles. The Hall–Kier alpha value is -1.84. The molecule has 4 heteroatoms. The Kier molecular flexibility index (Phi) is 3.03. The van der Waals surface area contributed by atoms with E-state index in [-0.39, 0.29) is 6.42 Å². The summed E-state index contributed by atoms with van der Waals surface area (Å²) in [6.45, 7) is 0. The van der Waals surface area contributed by atoms with Gasteiger partial charge in [0.05, 0.1) is 6.42 Å². The fourth-order valence-electron chi connectivity index (χ4n) is 0.961. The minimum atomic E-state index is -0.865. The highest BCUT2D eigenvalue weighted by molar-refractivity contribution is 5.73. The lowest BCUT2D eigenvalue weighted by Crippen LogP contribution is -2.00. The van der Waals surface area contributed by atoms with Gasteiger partial charge in [0.2, 0.25) is 6.41 Å². The predicted octanol–water partition coefficient (Wildman–Crippen LogP) is 0.882. The molecule has 0 saturated carbocycles. The summed E-state index contributed by atoms with van der Waals surface area (Å²) in [6, 6.07) is 6.65. The Bertz CT molecular complexity index is 305. The summed E-state index contributed by atoms with van der Waals surface area (Å²) in [5.74, 6) is -0.865. The molecule has 13 heavy (non-hydrogen) atoms. The van der Waals surface area contributed by atoms with Gasteiger partial charge in [0.15, 0.2) is 0 Å². The molecule has 2 N–H and O–H groups in total.